The van der Waals surface area contributed by atoms with Crippen LogP contribution in [0, 0.1) is 0 Å². The first-order chi connectivity index (χ1) is 14.9. The van der Waals surface area contributed by atoms with E-state index in [4.69, 9.17) is 9.47 Å². The van der Waals surface area contributed by atoms with Crippen LogP contribution in [0.3, 0.4) is 0 Å². The molecular formula is C22H23N3O5S. The van der Waals surface area contributed by atoms with Crippen LogP contribution >= 0.6 is 0 Å². The van der Waals surface area contributed by atoms with Crippen LogP contribution in [0.15, 0.2) is 59.8 Å². The van der Waals surface area contributed by atoms with Crippen molar-refractivity contribution in [2.24, 2.45) is 0 Å². The molecule has 3 aromatic rings. The Morgan fingerprint density at radius 1 is 1.13 bits per heavy atom. The molecule has 0 unspecified atom stereocenters. The zero-order chi connectivity index (χ0) is 22.0. The van der Waals surface area contributed by atoms with E-state index in [1.807, 2.05) is 18.3 Å². The molecule has 9 heteroatoms. The number of nitrogens with zero attached hydrogens (tertiary/aromatic N) is 2. The maximum Gasteiger partial charge on any atom is 0.268 e. The molecule has 1 aliphatic carbocycles. The van der Waals surface area contributed by atoms with E-state index < -0.39 is 15.9 Å². The van der Waals surface area contributed by atoms with Crippen LogP contribution in [0.4, 0.5) is 0 Å². The molecule has 2 aromatic carbocycles. The molecule has 1 saturated carbocycles. The van der Waals surface area contributed by atoms with Gasteiger partial charge >= 0.3 is 0 Å². The van der Waals surface area contributed by atoms with Gasteiger partial charge in [-0.1, -0.05) is 12.1 Å². The van der Waals surface area contributed by atoms with E-state index in [9.17, 15) is 13.2 Å². The fourth-order valence-electron chi connectivity index (χ4n) is 3.39. The fourth-order valence-corrected chi connectivity index (χ4v) is 4.57. The van der Waals surface area contributed by atoms with Gasteiger partial charge in [-0.25, -0.2) is 13.1 Å². The van der Waals surface area contributed by atoms with Gasteiger partial charge in [0.05, 0.1) is 20.8 Å². The molecule has 0 saturated heterocycles. The highest BCUT2D eigenvalue weighted by Crippen LogP contribution is 2.42. The molecule has 1 fully saturated rings. The Bertz CT molecular complexity index is 1200. The Morgan fingerprint density at radius 2 is 1.90 bits per heavy atom. The van der Waals surface area contributed by atoms with E-state index >= 15 is 0 Å². The van der Waals surface area contributed by atoms with Gasteiger partial charge in [0.1, 0.15) is 16.4 Å². The molecule has 0 aliphatic heterocycles. The van der Waals surface area contributed by atoms with Gasteiger partial charge in [0.2, 0.25) is 0 Å². The molecule has 4 rings (SSSR count). The summed E-state index contributed by atoms with van der Waals surface area (Å²) < 4.78 is 40.4. The van der Waals surface area contributed by atoms with Gasteiger partial charge in [-0.3, -0.25) is 9.48 Å². The molecule has 0 bridgehead atoms. The first-order valence-corrected chi connectivity index (χ1v) is 11.3. The predicted octanol–water partition coefficient (Wildman–Crippen LogP) is 2.94. The van der Waals surface area contributed by atoms with Gasteiger partial charge in [0, 0.05) is 23.5 Å². The summed E-state index contributed by atoms with van der Waals surface area (Å²) in [4.78, 5) is 12.7. The summed E-state index contributed by atoms with van der Waals surface area (Å²) in [6.07, 6.45) is 5.55. The van der Waals surface area contributed by atoms with Crippen LogP contribution in [-0.4, -0.2) is 38.3 Å². The largest absolute Gasteiger partial charge is 0.496 e. The molecule has 1 aliphatic rings. The smallest absolute Gasteiger partial charge is 0.268 e. The van der Waals surface area contributed by atoms with E-state index in [-0.39, 0.29) is 16.2 Å². The third-order valence-electron chi connectivity index (χ3n) is 5.19. The van der Waals surface area contributed by atoms with E-state index in [1.165, 1.54) is 20.3 Å². The Labute approximate surface area is 180 Å². The minimum Gasteiger partial charge on any atom is -0.496 e. The lowest BCUT2D eigenvalue weighted by Crippen LogP contribution is -2.31. The highest BCUT2D eigenvalue weighted by Gasteiger charge is 2.28. The van der Waals surface area contributed by atoms with Gasteiger partial charge in [0.25, 0.3) is 15.9 Å². The van der Waals surface area contributed by atoms with Crippen molar-refractivity contribution in [3.05, 3.63) is 71.5 Å². The first-order valence-electron chi connectivity index (χ1n) is 9.80. The number of carbonyl (C=O) groups excluding carboxylic acids is 1. The third-order valence-corrected chi connectivity index (χ3v) is 6.55. The van der Waals surface area contributed by atoms with E-state index in [1.54, 1.807) is 35.1 Å². The second-order valence-corrected chi connectivity index (χ2v) is 9.00. The van der Waals surface area contributed by atoms with Crippen LogP contribution in [0.25, 0.3) is 0 Å². The third kappa shape index (κ3) is 4.56. The second kappa shape index (κ2) is 8.43. The van der Waals surface area contributed by atoms with Gasteiger partial charge in [0.15, 0.2) is 0 Å². The normalized spacial score (nSPS) is 13.6. The van der Waals surface area contributed by atoms with Crippen molar-refractivity contribution in [3.8, 4) is 11.5 Å². The van der Waals surface area contributed by atoms with Gasteiger partial charge in [-0.15, -0.1) is 0 Å². The molecular weight excluding hydrogens is 418 g/mol. The zero-order valence-electron chi connectivity index (χ0n) is 17.2. The molecule has 1 heterocycles. The number of sulfonamides is 1. The number of methoxy groups -OCH3 is 2. The molecule has 0 spiro atoms. The molecule has 8 nitrogen and oxygen atoms in total. The summed E-state index contributed by atoms with van der Waals surface area (Å²) in [5.41, 5.74) is 1.91. The molecule has 1 amide bonds. The Balaban J connectivity index is 1.58. The number of aromatic nitrogens is 2. The maximum atomic E-state index is 13.0. The quantitative estimate of drug-likeness (QED) is 0.577. The standard InChI is InChI=1S/C22H23N3O5S/c1-29-19-9-8-16(15-4-5-15)13-21(19)31(27,28)24-22(26)17-6-7-18(20(12-17)30-2)14-25-11-3-10-23-25/h3,6-13,15H,4-5,14H2,1-2H3,(H,24,26). The van der Waals surface area contributed by atoms with Crippen LogP contribution in [0.2, 0.25) is 0 Å². The average molecular weight is 442 g/mol. The molecule has 0 atom stereocenters. The number of ether oxygens (including phenoxy) is 2. The van der Waals surface area contributed by atoms with Crippen LogP contribution < -0.4 is 14.2 Å². The number of carbonyl (C=O) groups is 1. The number of benzene rings is 2. The summed E-state index contributed by atoms with van der Waals surface area (Å²) in [5.74, 6) is 0.274. The Hall–Kier alpha value is -3.33. The van der Waals surface area contributed by atoms with Crippen LogP contribution in [-0.2, 0) is 16.6 Å². The summed E-state index contributed by atoms with van der Waals surface area (Å²) in [6, 6.07) is 11.7. The fraction of sp³-hybridized carbons (Fsp3) is 0.273. The van der Waals surface area contributed by atoms with Crippen molar-refractivity contribution in [1.82, 2.24) is 14.5 Å². The lowest BCUT2D eigenvalue weighted by Gasteiger charge is -2.14. The summed E-state index contributed by atoms with van der Waals surface area (Å²) in [6.45, 7) is 0.460. The Morgan fingerprint density at radius 3 is 2.55 bits per heavy atom. The minimum absolute atomic E-state index is 0.0463. The molecule has 1 N–H and O–H groups in total. The Kier molecular flexibility index (Phi) is 5.69. The molecule has 31 heavy (non-hydrogen) atoms. The molecule has 162 valence electrons. The maximum absolute atomic E-state index is 13.0. The van der Waals surface area contributed by atoms with E-state index in [2.05, 4.69) is 9.82 Å². The van der Waals surface area contributed by atoms with Gasteiger partial charge in [-0.05, 0) is 54.7 Å². The number of rotatable bonds is 8. The van der Waals surface area contributed by atoms with Crippen molar-refractivity contribution in [2.75, 3.05) is 14.2 Å². The average Bonchev–Trinajstić information content (AvgIpc) is 3.50. The zero-order valence-corrected chi connectivity index (χ0v) is 18.1. The first kappa shape index (κ1) is 20.9. The number of nitrogens with one attached hydrogen (secondary N) is 1. The van der Waals surface area contributed by atoms with Gasteiger partial charge < -0.3 is 9.47 Å². The van der Waals surface area contributed by atoms with Crippen molar-refractivity contribution >= 4 is 15.9 Å². The van der Waals surface area contributed by atoms with Gasteiger partial charge in [-0.2, -0.15) is 5.10 Å². The van der Waals surface area contributed by atoms with Crippen molar-refractivity contribution in [3.63, 3.8) is 0 Å². The monoisotopic (exact) mass is 441 g/mol. The minimum atomic E-state index is -4.13. The lowest BCUT2D eigenvalue weighted by molar-refractivity contribution is 0.0981. The van der Waals surface area contributed by atoms with E-state index in [0.717, 1.165) is 24.0 Å². The van der Waals surface area contributed by atoms with Crippen LogP contribution in [0.5, 0.6) is 11.5 Å². The van der Waals surface area contributed by atoms with Crippen LogP contribution in [0.1, 0.15) is 40.2 Å². The highest BCUT2D eigenvalue weighted by atomic mass is 32.2. The molecule has 1 aromatic heterocycles. The number of hydrogen-bond donors (Lipinski definition) is 1. The highest BCUT2D eigenvalue weighted by molar-refractivity contribution is 7.90. The second-order valence-electron chi connectivity index (χ2n) is 7.35. The summed E-state index contributed by atoms with van der Waals surface area (Å²) in [5, 5.41) is 4.16. The predicted molar refractivity (Wildman–Crippen MR) is 114 cm³/mol. The number of hydrogen-bond acceptors (Lipinski definition) is 6. The van der Waals surface area contributed by atoms with Crippen molar-refractivity contribution in [1.29, 1.82) is 0 Å². The topological polar surface area (TPSA) is 99.5 Å². The summed E-state index contributed by atoms with van der Waals surface area (Å²) >= 11 is 0. The van der Waals surface area contributed by atoms with Crippen molar-refractivity contribution < 1.29 is 22.7 Å². The van der Waals surface area contributed by atoms with Crippen molar-refractivity contribution in [2.45, 2.75) is 30.2 Å². The lowest BCUT2D eigenvalue weighted by atomic mass is 10.1. The number of amides is 1. The van der Waals surface area contributed by atoms with E-state index in [0.29, 0.717) is 18.2 Å². The summed E-state index contributed by atoms with van der Waals surface area (Å²) in [7, 11) is -1.24. The molecule has 0 radical (unpaired) electrons. The SMILES string of the molecule is COc1cc(C(=O)NS(=O)(=O)c2cc(C3CC3)ccc2OC)ccc1Cn1cccn1.